The first-order valence-electron chi connectivity index (χ1n) is 12.2. The molecule has 4 saturated carbocycles. The molecule has 1 heterocycles. The van der Waals surface area contributed by atoms with E-state index in [1.165, 1.54) is 24.8 Å². The lowest BCUT2D eigenvalue weighted by Gasteiger charge is -2.68. The van der Waals surface area contributed by atoms with Crippen molar-refractivity contribution in [1.29, 1.82) is 0 Å². The Morgan fingerprint density at radius 2 is 1.93 bits per heavy atom. The van der Waals surface area contributed by atoms with Crippen molar-refractivity contribution in [3.05, 3.63) is 23.8 Å². The minimum absolute atomic E-state index is 0.0693. The first-order valence-corrected chi connectivity index (χ1v) is 12.2. The summed E-state index contributed by atoms with van der Waals surface area (Å²) in [6.07, 6.45) is 10.4. The molecule has 164 valence electrons. The summed E-state index contributed by atoms with van der Waals surface area (Å²) in [5, 5.41) is 0. The zero-order valence-electron chi connectivity index (χ0n) is 18.9. The van der Waals surface area contributed by atoms with E-state index in [9.17, 15) is 4.79 Å². The molecule has 4 nitrogen and oxygen atoms in total. The van der Waals surface area contributed by atoms with Crippen LogP contribution in [0.3, 0.4) is 0 Å². The van der Waals surface area contributed by atoms with Crippen LogP contribution in [0.5, 0.6) is 0 Å². The molecule has 0 amide bonds. The number of carbonyl (C=O) groups is 1. The minimum Gasteiger partial charge on any atom is -0.456 e. The van der Waals surface area contributed by atoms with Crippen LogP contribution < -0.4 is 11.5 Å². The van der Waals surface area contributed by atoms with Crippen LogP contribution in [0.2, 0.25) is 0 Å². The maximum absolute atomic E-state index is 12.4. The third kappa shape index (κ3) is 2.09. The molecule has 1 spiro atoms. The average Bonchev–Trinajstić information content (AvgIpc) is 3.35. The first-order chi connectivity index (χ1) is 14.0. The van der Waals surface area contributed by atoms with Crippen molar-refractivity contribution in [2.45, 2.75) is 89.3 Å². The van der Waals surface area contributed by atoms with E-state index in [4.69, 9.17) is 16.2 Å². The summed E-state index contributed by atoms with van der Waals surface area (Å²) in [5.41, 5.74) is 16.0. The molecule has 10 atom stereocenters. The van der Waals surface area contributed by atoms with Gasteiger partial charge in [-0.05, 0) is 86.9 Å². The zero-order chi connectivity index (χ0) is 21.3. The molecule has 0 radical (unpaired) electrons. The Morgan fingerprint density at radius 3 is 2.63 bits per heavy atom. The maximum Gasteiger partial charge on any atom is 0.306 e. The van der Waals surface area contributed by atoms with E-state index < -0.39 is 11.1 Å². The summed E-state index contributed by atoms with van der Waals surface area (Å²) < 4.78 is 6.26. The number of hydrogen-bond acceptors (Lipinski definition) is 4. The van der Waals surface area contributed by atoms with Crippen LogP contribution in [0, 0.1) is 40.4 Å². The molecule has 3 unspecified atom stereocenters. The van der Waals surface area contributed by atoms with Crippen LogP contribution in [0.1, 0.15) is 72.1 Å². The summed E-state index contributed by atoms with van der Waals surface area (Å²) in [5.74, 6) is 3.09. The summed E-state index contributed by atoms with van der Waals surface area (Å²) in [6.45, 7) is 11.3. The van der Waals surface area contributed by atoms with E-state index in [1.54, 1.807) is 5.57 Å². The molecule has 6 rings (SSSR count). The van der Waals surface area contributed by atoms with E-state index in [2.05, 4.69) is 33.4 Å². The van der Waals surface area contributed by atoms with Crippen molar-refractivity contribution >= 4 is 5.97 Å². The predicted octanol–water partition coefficient (Wildman–Crippen LogP) is 4.09. The number of allylic oxidation sites excluding steroid dienone is 3. The third-order valence-corrected chi connectivity index (χ3v) is 11.1. The molecule has 5 fully saturated rings. The zero-order valence-corrected chi connectivity index (χ0v) is 18.9. The number of nitrogens with two attached hydrogens (primary N) is 2. The highest BCUT2D eigenvalue weighted by Crippen LogP contribution is 2.75. The molecule has 0 aromatic heterocycles. The average molecular weight is 411 g/mol. The number of rotatable bonds is 0. The Morgan fingerprint density at radius 1 is 1.17 bits per heavy atom. The number of esters is 1. The molecular formula is C26H38N2O2. The fourth-order valence-electron chi connectivity index (χ4n) is 9.79. The monoisotopic (exact) mass is 410 g/mol. The second-order valence-electron chi connectivity index (χ2n) is 12.4. The highest BCUT2D eigenvalue weighted by atomic mass is 16.6. The maximum atomic E-state index is 12.4. The second-order valence-corrected chi connectivity index (χ2v) is 12.4. The fourth-order valence-corrected chi connectivity index (χ4v) is 9.79. The van der Waals surface area contributed by atoms with Gasteiger partial charge in [0.15, 0.2) is 0 Å². The highest BCUT2D eigenvalue weighted by Gasteiger charge is 2.75. The van der Waals surface area contributed by atoms with Gasteiger partial charge in [-0.1, -0.05) is 37.6 Å². The Hall–Kier alpha value is -1.13. The van der Waals surface area contributed by atoms with E-state index >= 15 is 0 Å². The fraction of sp³-hybridized carbons (Fsp3) is 0.808. The van der Waals surface area contributed by atoms with Crippen LogP contribution in [-0.2, 0) is 9.53 Å². The van der Waals surface area contributed by atoms with Gasteiger partial charge in [0.25, 0.3) is 0 Å². The Bertz CT molecular complexity index is 876. The van der Waals surface area contributed by atoms with Gasteiger partial charge in [-0.25, -0.2) is 0 Å². The van der Waals surface area contributed by atoms with Crippen molar-refractivity contribution in [1.82, 2.24) is 0 Å². The molecule has 1 saturated heterocycles. The van der Waals surface area contributed by atoms with Gasteiger partial charge < -0.3 is 16.2 Å². The molecule has 0 aromatic carbocycles. The van der Waals surface area contributed by atoms with Crippen LogP contribution in [0.4, 0.5) is 0 Å². The topological polar surface area (TPSA) is 78.3 Å². The van der Waals surface area contributed by atoms with Crippen molar-refractivity contribution in [2.75, 3.05) is 0 Å². The van der Waals surface area contributed by atoms with Crippen LogP contribution in [-0.4, -0.2) is 23.2 Å². The lowest BCUT2D eigenvalue weighted by atomic mass is 9.39. The normalized spacial score (nSPS) is 58.9. The SMILES string of the molecule is C=C1C=C2[C@@H]3C[C@@H]3C3[C@@H]4[C@@H](N)C[C@](C)(N)[C@@]5(CCC(=O)O5)C4(C)CC[C@@H]3C2(C)CC1. The lowest BCUT2D eigenvalue weighted by Crippen LogP contribution is -2.77. The van der Waals surface area contributed by atoms with Crippen LogP contribution in [0.25, 0.3) is 0 Å². The number of ether oxygens (including phenoxy) is 1. The Balaban J connectivity index is 1.47. The van der Waals surface area contributed by atoms with E-state index in [0.29, 0.717) is 24.2 Å². The van der Waals surface area contributed by atoms with Crippen LogP contribution >= 0.6 is 0 Å². The molecule has 30 heavy (non-hydrogen) atoms. The molecule has 1 aliphatic heterocycles. The molecular weight excluding hydrogens is 372 g/mol. The number of carbonyl (C=O) groups excluding carboxylic acids is 1. The van der Waals surface area contributed by atoms with E-state index in [0.717, 1.165) is 37.5 Å². The second kappa shape index (κ2) is 5.61. The van der Waals surface area contributed by atoms with Gasteiger partial charge in [-0.3, -0.25) is 4.79 Å². The summed E-state index contributed by atoms with van der Waals surface area (Å²) in [6, 6.07) is 0.0802. The first kappa shape index (κ1) is 19.5. The Labute approximate surface area is 180 Å². The lowest BCUT2D eigenvalue weighted by molar-refractivity contribution is -0.230. The smallest absolute Gasteiger partial charge is 0.306 e. The highest BCUT2D eigenvalue weighted by molar-refractivity contribution is 5.73. The third-order valence-electron chi connectivity index (χ3n) is 11.1. The van der Waals surface area contributed by atoms with E-state index in [1.807, 2.05) is 0 Å². The van der Waals surface area contributed by atoms with Gasteiger partial charge in [0.05, 0.1) is 5.54 Å². The quantitative estimate of drug-likeness (QED) is 0.590. The molecule has 0 bridgehead atoms. The molecule has 5 aliphatic carbocycles. The van der Waals surface area contributed by atoms with Gasteiger partial charge in [0, 0.05) is 17.9 Å². The van der Waals surface area contributed by atoms with Gasteiger partial charge in [-0.2, -0.15) is 0 Å². The largest absolute Gasteiger partial charge is 0.456 e. The summed E-state index contributed by atoms with van der Waals surface area (Å²) in [4.78, 5) is 12.4. The van der Waals surface area contributed by atoms with Crippen molar-refractivity contribution in [3.63, 3.8) is 0 Å². The van der Waals surface area contributed by atoms with Gasteiger partial charge in [0.2, 0.25) is 0 Å². The van der Waals surface area contributed by atoms with E-state index in [-0.39, 0.29) is 22.8 Å². The van der Waals surface area contributed by atoms with Crippen molar-refractivity contribution < 1.29 is 9.53 Å². The molecule has 4 N–H and O–H groups in total. The summed E-state index contributed by atoms with van der Waals surface area (Å²) in [7, 11) is 0. The minimum atomic E-state index is -0.565. The standard InChI is InChI=1S/C26H38N2O2/c1-14-5-8-23(2)17-6-9-24(3)22(21(17)16-12-15(16)18(23)11-14)19(27)13-25(4,28)26(24)10-7-20(29)30-26/h11,15-17,19,21-22H,1,5-10,12-13,27-28H2,2-4H3/t15-,16+,17+,19+,21?,22+,23?,24?,25+,26-/m1/s1. The summed E-state index contributed by atoms with van der Waals surface area (Å²) >= 11 is 0. The molecule has 6 aliphatic rings. The molecule has 0 aromatic rings. The van der Waals surface area contributed by atoms with Gasteiger partial charge in [0.1, 0.15) is 5.60 Å². The number of fused-ring (bicyclic) bond motifs is 9. The Kier molecular flexibility index (Phi) is 3.66. The number of hydrogen-bond donors (Lipinski definition) is 2. The molecule has 4 heteroatoms. The van der Waals surface area contributed by atoms with Crippen molar-refractivity contribution in [3.8, 4) is 0 Å². The van der Waals surface area contributed by atoms with Crippen LogP contribution in [0.15, 0.2) is 23.8 Å². The van der Waals surface area contributed by atoms with Gasteiger partial charge >= 0.3 is 5.97 Å². The predicted molar refractivity (Wildman–Crippen MR) is 117 cm³/mol. The van der Waals surface area contributed by atoms with Gasteiger partial charge in [-0.15, -0.1) is 0 Å². The van der Waals surface area contributed by atoms with Crippen molar-refractivity contribution in [2.24, 2.45) is 51.9 Å².